The molecule has 2 nitrogen and oxygen atoms in total. The molecule has 1 aromatic heterocycles. The van der Waals surface area contributed by atoms with E-state index >= 15 is 0 Å². The lowest BCUT2D eigenvalue weighted by molar-refractivity contribution is 0.158. The van der Waals surface area contributed by atoms with E-state index in [2.05, 4.69) is 20.9 Å². The second-order valence-corrected chi connectivity index (χ2v) is 4.96. The van der Waals surface area contributed by atoms with Gasteiger partial charge in [-0.3, -0.25) is 4.98 Å². The van der Waals surface area contributed by atoms with E-state index < -0.39 is 0 Å². The zero-order chi connectivity index (χ0) is 9.97. The molecule has 3 heteroatoms. The molecule has 1 aliphatic rings. The molecular formula is C11H14BrNO. The molecule has 2 rings (SSSR count). The van der Waals surface area contributed by atoms with Crippen molar-refractivity contribution in [2.24, 2.45) is 5.92 Å². The summed E-state index contributed by atoms with van der Waals surface area (Å²) >= 11 is 3.37. The fraction of sp³-hybridized carbons (Fsp3) is 0.545. The lowest BCUT2D eigenvalue weighted by Gasteiger charge is -2.09. The van der Waals surface area contributed by atoms with Gasteiger partial charge in [0.1, 0.15) is 0 Å². The zero-order valence-electron chi connectivity index (χ0n) is 7.99. The SMILES string of the molecule is OC(Cc1cncc(Br)c1)CC1CC1. The molecule has 0 aromatic carbocycles. The van der Waals surface area contributed by atoms with Gasteiger partial charge in [0.15, 0.2) is 0 Å². The molecule has 0 aliphatic heterocycles. The van der Waals surface area contributed by atoms with Crippen molar-refractivity contribution in [1.29, 1.82) is 0 Å². The second kappa shape index (κ2) is 4.41. The van der Waals surface area contributed by atoms with E-state index in [-0.39, 0.29) is 6.10 Å². The summed E-state index contributed by atoms with van der Waals surface area (Å²) in [6.45, 7) is 0. The molecule has 0 radical (unpaired) electrons. The fourth-order valence-corrected chi connectivity index (χ4v) is 2.07. The highest BCUT2D eigenvalue weighted by molar-refractivity contribution is 9.10. The van der Waals surface area contributed by atoms with Gasteiger partial charge in [0.25, 0.3) is 0 Å². The standard InChI is InChI=1S/C11H14BrNO/c12-10-3-9(6-13-7-10)5-11(14)4-8-1-2-8/h3,6-8,11,14H,1-2,4-5H2. The van der Waals surface area contributed by atoms with Gasteiger partial charge in [-0.1, -0.05) is 12.8 Å². The van der Waals surface area contributed by atoms with Crippen molar-refractivity contribution in [2.75, 3.05) is 0 Å². The molecule has 0 saturated heterocycles. The van der Waals surface area contributed by atoms with Gasteiger partial charge in [0.2, 0.25) is 0 Å². The van der Waals surface area contributed by atoms with E-state index in [1.807, 2.05) is 12.3 Å². The molecule has 0 bridgehead atoms. The average molecular weight is 256 g/mol. The van der Waals surface area contributed by atoms with Crippen LogP contribution in [0, 0.1) is 5.92 Å². The maximum absolute atomic E-state index is 9.76. The zero-order valence-corrected chi connectivity index (χ0v) is 9.57. The third-order valence-electron chi connectivity index (χ3n) is 2.54. The summed E-state index contributed by atoms with van der Waals surface area (Å²) in [4.78, 5) is 4.07. The number of hydrogen-bond donors (Lipinski definition) is 1. The van der Waals surface area contributed by atoms with Crippen molar-refractivity contribution in [1.82, 2.24) is 4.98 Å². The highest BCUT2D eigenvalue weighted by Gasteiger charge is 2.24. The van der Waals surface area contributed by atoms with Gasteiger partial charge in [0, 0.05) is 16.9 Å². The average Bonchev–Trinajstić information content (AvgIpc) is 2.87. The molecule has 1 heterocycles. The van der Waals surface area contributed by atoms with Gasteiger partial charge >= 0.3 is 0 Å². The van der Waals surface area contributed by atoms with Gasteiger partial charge in [-0.2, -0.15) is 0 Å². The molecule has 1 N–H and O–H groups in total. The van der Waals surface area contributed by atoms with Crippen LogP contribution in [0.3, 0.4) is 0 Å². The minimum absolute atomic E-state index is 0.196. The smallest absolute Gasteiger partial charge is 0.0583 e. The molecule has 1 atom stereocenters. The second-order valence-electron chi connectivity index (χ2n) is 4.05. The Kier molecular flexibility index (Phi) is 3.19. The lowest BCUT2D eigenvalue weighted by Crippen LogP contribution is -2.11. The quantitative estimate of drug-likeness (QED) is 0.898. The van der Waals surface area contributed by atoms with Crippen LogP contribution < -0.4 is 0 Å². The van der Waals surface area contributed by atoms with Crippen LogP contribution in [0.4, 0.5) is 0 Å². The number of hydrogen-bond acceptors (Lipinski definition) is 2. The van der Waals surface area contributed by atoms with Crippen LogP contribution in [0.25, 0.3) is 0 Å². The van der Waals surface area contributed by atoms with Gasteiger partial charge in [-0.05, 0) is 46.3 Å². The highest BCUT2D eigenvalue weighted by Crippen LogP contribution is 2.34. The first-order valence-electron chi connectivity index (χ1n) is 5.01. The first-order valence-corrected chi connectivity index (χ1v) is 5.81. The number of aliphatic hydroxyl groups excluding tert-OH is 1. The fourth-order valence-electron chi connectivity index (χ4n) is 1.66. The van der Waals surface area contributed by atoms with E-state index in [0.717, 1.165) is 28.8 Å². The third-order valence-corrected chi connectivity index (χ3v) is 2.97. The van der Waals surface area contributed by atoms with Gasteiger partial charge in [0.05, 0.1) is 6.10 Å². The number of aromatic nitrogens is 1. The summed E-state index contributed by atoms with van der Waals surface area (Å²) in [6.07, 6.45) is 7.66. The monoisotopic (exact) mass is 255 g/mol. The molecule has 1 fully saturated rings. The van der Waals surface area contributed by atoms with Gasteiger partial charge in [-0.15, -0.1) is 0 Å². The number of aliphatic hydroxyl groups is 1. The first kappa shape index (κ1) is 10.1. The molecular weight excluding hydrogens is 242 g/mol. The Bertz CT molecular complexity index is 312. The lowest BCUT2D eigenvalue weighted by atomic mass is 10.1. The van der Waals surface area contributed by atoms with E-state index in [9.17, 15) is 5.11 Å². The molecule has 14 heavy (non-hydrogen) atoms. The normalized spacial score (nSPS) is 18.1. The van der Waals surface area contributed by atoms with Crippen LogP contribution in [0.15, 0.2) is 22.9 Å². The topological polar surface area (TPSA) is 33.1 Å². The van der Waals surface area contributed by atoms with Crippen LogP contribution in [-0.2, 0) is 6.42 Å². The van der Waals surface area contributed by atoms with E-state index in [0.29, 0.717) is 0 Å². The minimum atomic E-state index is -0.196. The van der Waals surface area contributed by atoms with E-state index in [4.69, 9.17) is 0 Å². The predicted molar refractivity (Wildman–Crippen MR) is 59.0 cm³/mol. The Morgan fingerprint density at radius 2 is 2.29 bits per heavy atom. The van der Waals surface area contributed by atoms with Crippen LogP contribution >= 0.6 is 15.9 Å². The summed E-state index contributed by atoms with van der Waals surface area (Å²) in [7, 11) is 0. The van der Waals surface area contributed by atoms with Crippen LogP contribution in [-0.4, -0.2) is 16.2 Å². The number of pyridine rings is 1. The molecule has 1 unspecified atom stereocenters. The maximum atomic E-state index is 9.76. The summed E-state index contributed by atoms with van der Waals surface area (Å²) in [5.74, 6) is 0.783. The number of rotatable bonds is 4. The van der Waals surface area contributed by atoms with Crippen LogP contribution in [0.1, 0.15) is 24.8 Å². The summed E-state index contributed by atoms with van der Waals surface area (Å²) in [6, 6.07) is 2.02. The Morgan fingerprint density at radius 3 is 2.93 bits per heavy atom. The molecule has 1 aromatic rings. The van der Waals surface area contributed by atoms with Crippen molar-refractivity contribution in [3.8, 4) is 0 Å². The van der Waals surface area contributed by atoms with Crippen molar-refractivity contribution >= 4 is 15.9 Å². The molecule has 0 amide bonds. The Hall–Kier alpha value is -0.410. The van der Waals surface area contributed by atoms with Gasteiger partial charge < -0.3 is 5.11 Å². The summed E-state index contributed by atoms with van der Waals surface area (Å²) in [5.41, 5.74) is 1.10. The predicted octanol–water partition coefficient (Wildman–Crippen LogP) is 2.55. The molecule has 76 valence electrons. The number of nitrogens with zero attached hydrogens (tertiary/aromatic N) is 1. The molecule has 1 saturated carbocycles. The number of halogens is 1. The summed E-state index contributed by atoms with van der Waals surface area (Å²) < 4.78 is 0.980. The highest BCUT2D eigenvalue weighted by atomic mass is 79.9. The Balaban J connectivity index is 1.88. The summed E-state index contributed by atoms with van der Waals surface area (Å²) in [5, 5.41) is 9.76. The van der Waals surface area contributed by atoms with E-state index in [1.54, 1.807) is 6.20 Å². The third kappa shape index (κ3) is 3.07. The van der Waals surface area contributed by atoms with Crippen molar-refractivity contribution < 1.29 is 5.11 Å². The Morgan fingerprint density at radius 1 is 1.50 bits per heavy atom. The van der Waals surface area contributed by atoms with Crippen molar-refractivity contribution in [2.45, 2.75) is 31.8 Å². The largest absolute Gasteiger partial charge is 0.393 e. The molecule has 1 aliphatic carbocycles. The van der Waals surface area contributed by atoms with E-state index in [1.165, 1.54) is 12.8 Å². The molecule has 0 spiro atoms. The van der Waals surface area contributed by atoms with Crippen LogP contribution in [0.2, 0.25) is 0 Å². The Labute approximate surface area is 92.5 Å². The minimum Gasteiger partial charge on any atom is -0.393 e. The van der Waals surface area contributed by atoms with Crippen LogP contribution in [0.5, 0.6) is 0 Å². The van der Waals surface area contributed by atoms with Gasteiger partial charge in [-0.25, -0.2) is 0 Å². The van der Waals surface area contributed by atoms with Crippen molar-refractivity contribution in [3.63, 3.8) is 0 Å². The first-order chi connectivity index (χ1) is 6.74. The van der Waals surface area contributed by atoms with Crippen molar-refractivity contribution in [3.05, 3.63) is 28.5 Å². The maximum Gasteiger partial charge on any atom is 0.0583 e.